The van der Waals surface area contributed by atoms with Gasteiger partial charge in [0.1, 0.15) is 6.10 Å². The van der Waals surface area contributed by atoms with E-state index < -0.39 is 41.6 Å². The first-order chi connectivity index (χ1) is 21.5. The van der Waals surface area contributed by atoms with Gasteiger partial charge in [0, 0.05) is 23.3 Å². The lowest BCUT2D eigenvalue weighted by atomic mass is 9.45. The van der Waals surface area contributed by atoms with Crippen molar-refractivity contribution in [2.75, 3.05) is 33.9 Å². The van der Waals surface area contributed by atoms with Crippen LogP contribution in [0.25, 0.3) is 0 Å². The average Bonchev–Trinajstić information content (AvgIpc) is 2.98. The molecule has 0 aromatic rings. The Kier molecular flexibility index (Phi) is 9.71. The molecule has 0 aromatic carbocycles. The molecular weight excluding hydrogens is 574 g/mol. The lowest BCUT2D eigenvalue weighted by Crippen LogP contribution is -2.64. The quantitative estimate of drug-likeness (QED) is 0.300. The molecular formula is C36H55NO8. The van der Waals surface area contributed by atoms with Gasteiger partial charge < -0.3 is 29.3 Å². The van der Waals surface area contributed by atoms with Gasteiger partial charge in [-0.25, -0.2) is 4.79 Å². The number of fused-ring (bicyclic) bond motifs is 3. The number of carbonyl (C=O) groups excluding carboxylic acids is 1. The van der Waals surface area contributed by atoms with Crippen molar-refractivity contribution in [2.24, 2.45) is 58.7 Å². The van der Waals surface area contributed by atoms with E-state index in [1.807, 2.05) is 0 Å². The van der Waals surface area contributed by atoms with Crippen LogP contribution in [-0.2, 0) is 23.8 Å². The maximum absolute atomic E-state index is 14.0. The van der Waals surface area contributed by atoms with Gasteiger partial charge in [0.05, 0.1) is 31.8 Å². The van der Waals surface area contributed by atoms with Gasteiger partial charge in [-0.2, -0.15) is 0 Å². The normalized spacial score (nSPS) is 40.6. The summed E-state index contributed by atoms with van der Waals surface area (Å²) in [6.07, 6.45) is 10.4. The molecule has 6 aliphatic rings. The van der Waals surface area contributed by atoms with Crippen molar-refractivity contribution >= 4 is 17.9 Å². The fraction of sp³-hybridized carbons (Fsp3) is 0.861. The molecule has 0 aromatic heterocycles. The van der Waals surface area contributed by atoms with Crippen molar-refractivity contribution in [1.82, 2.24) is 4.90 Å². The Morgan fingerprint density at radius 3 is 2.47 bits per heavy atom. The van der Waals surface area contributed by atoms with Crippen LogP contribution in [0.4, 0.5) is 4.79 Å². The Morgan fingerprint density at radius 1 is 1.04 bits per heavy atom. The van der Waals surface area contributed by atoms with Gasteiger partial charge in [0.25, 0.3) is 0 Å². The van der Waals surface area contributed by atoms with E-state index >= 15 is 0 Å². The first-order valence-electron chi connectivity index (χ1n) is 17.8. The Balaban J connectivity index is 1.29. The van der Waals surface area contributed by atoms with Crippen LogP contribution >= 0.6 is 0 Å². The van der Waals surface area contributed by atoms with Crippen molar-refractivity contribution in [3.05, 3.63) is 11.6 Å². The summed E-state index contributed by atoms with van der Waals surface area (Å²) in [6, 6.07) is 0.256. The third kappa shape index (κ3) is 6.11. The van der Waals surface area contributed by atoms with Crippen molar-refractivity contribution in [1.29, 1.82) is 0 Å². The third-order valence-electron chi connectivity index (χ3n) is 13.0. The largest absolute Gasteiger partial charge is 0.506 e. The number of allylic oxidation sites excluding steroid dienone is 1. The zero-order chi connectivity index (χ0) is 32.0. The number of likely N-dealkylation sites (N-methyl/N-ethyl adjacent to an activating group) is 1. The Morgan fingerprint density at radius 2 is 1.80 bits per heavy atom. The van der Waals surface area contributed by atoms with Crippen LogP contribution in [0.5, 0.6) is 0 Å². The second-order valence-electron chi connectivity index (χ2n) is 16.0. The molecule has 0 radical (unpaired) electrons. The van der Waals surface area contributed by atoms with E-state index in [0.717, 1.165) is 37.7 Å². The van der Waals surface area contributed by atoms with E-state index in [9.17, 15) is 24.6 Å². The summed E-state index contributed by atoms with van der Waals surface area (Å²) in [7, 11) is 4.21. The molecule has 252 valence electrons. The van der Waals surface area contributed by atoms with Gasteiger partial charge in [-0.1, -0.05) is 38.7 Å². The van der Waals surface area contributed by atoms with E-state index in [1.54, 1.807) is 6.08 Å². The molecule has 1 aliphatic heterocycles. The summed E-state index contributed by atoms with van der Waals surface area (Å²) in [4.78, 5) is 41.0. The number of carboxylic acid groups (broad SMARTS) is 2. The van der Waals surface area contributed by atoms with Crippen molar-refractivity contribution in [3.63, 3.8) is 0 Å². The van der Waals surface area contributed by atoms with E-state index in [2.05, 4.69) is 32.8 Å². The highest BCUT2D eigenvalue weighted by Crippen LogP contribution is 2.64. The monoisotopic (exact) mass is 629 g/mol. The fourth-order valence-corrected chi connectivity index (χ4v) is 11.3. The Hall–Kier alpha value is -1.97. The highest BCUT2D eigenvalue weighted by Gasteiger charge is 2.64. The summed E-state index contributed by atoms with van der Waals surface area (Å²) < 4.78 is 18.8. The molecule has 1 heterocycles. The number of hydrogen-bond acceptors (Lipinski definition) is 7. The van der Waals surface area contributed by atoms with Gasteiger partial charge >= 0.3 is 12.1 Å². The SMILES string of the molecule is CC(C)CC1CCC2C3CCC4C5COC[C@@]4(C[C@@H](OC(=O)O)[C@@H]5OCC(C4CCCCC4)N(C)C)C3=CC(=O)C2[C@@H]1C(=O)O. The molecule has 11 atom stereocenters. The van der Waals surface area contributed by atoms with Crippen LogP contribution in [0.1, 0.15) is 84.5 Å². The standard InChI is InChI=1S/C36H55NO8/c1-20(2)14-22-10-11-24-23-12-13-26-25-17-43-19-36(26,27(23)15-29(38)32(24)31(22)34(39)40)16-30(45-35(41)42)33(25)44-18-28(37(3)4)21-8-6-5-7-9-21/h15,20-26,28,30-33H,5-14,16-19H2,1-4H3,(H,39,40)(H,41,42)/t22?,23?,24?,25?,26?,28?,30-,31-,32?,33-,36-/m1/s1. The lowest BCUT2D eigenvalue weighted by molar-refractivity contribution is -0.221. The average molecular weight is 630 g/mol. The molecule has 5 aliphatic carbocycles. The van der Waals surface area contributed by atoms with Crippen LogP contribution in [0.3, 0.4) is 0 Å². The number of ether oxygens (including phenoxy) is 3. The van der Waals surface area contributed by atoms with E-state index in [-0.39, 0.29) is 41.4 Å². The molecule has 9 heteroatoms. The molecule has 6 rings (SSSR count). The number of ketones is 1. The van der Waals surface area contributed by atoms with Gasteiger partial charge in [-0.15, -0.1) is 0 Å². The molecule has 7 unspecified atom stereocenters. The van der Waals surface area contributed by atoms with Crippen molar-refractivity contribution < 1.29 is 38.8 Å². The molecule has 45 heavy (non-hydrogen) atoms. The number of rotatable bonds is 9. The van der Waals surface area contributed by atoms with E-state index in [1.165, 1.54) is 32.1 Å². The number of hydrogen-bond donors (Lipinski definition) is 2. The summed E-state index contributed by atoms with van der Waals surface area (Å²) in [6.45, 7) is 5.70. The maximum Gasteiger partial charge on any atom is 0.506 e. The van der Waals surface area contributed by atoms with Crippen molar-refractivity contribution in [3.8, 4) is 0 Å². The lowest BCUT2D eigenvalue weighted by Gasteiger charge is -2.63. The topological polar surface area (TPSA) is 123 Å². The number of aliphatic carboxylic acids is 1. The first kappa shape index (κ1) is 33.0. The smallest absolute Gasteiger partial charge is 0.481 e. The highest BCUT2D eigenvalue weighted by atomic mass is 16.7. The number of nitrogens with zero attached hydrogens (tertiary/aromatic N) is 1. The van der Waals surface area contributed by atoms with Crippen LogP contribution in [0.2, 0.25) is 0 Å². The predicted octanol–water partition coefficient (Wildman–Crippen LogP) is 5.91. The summed E-state index contributed by atoms with van der Waals surface area (Å²) >= 11 is 0. The molecule has 1 saturated heterocycles. The molecule has 4 saturated carbocycles. The second kappa shape index (κ2) is 13.3. The van der Waals surface area contributed by atoms with Gasteiger partial charge in [0.15, 0.2) is 5.78 Å². The minimum Gasteiger partial charge on any atom is -0.481 e. The van der Waals surface area contributed by atoms with E-state index in [0.29, 0.717) is 38.1 Å². The molecule has 2 bridgehead atoms. The Bertz CT molecular complexity index is 1150. The van der Waals surface area contributed by atoms with Crippen molar-refractivity contribution in [2.45, 2.75) is 103 Å². The summed E-state index contributed by atoms with van der Waals surface area (Å²) in [5.41, 5.74) is 0.580. The predicted molar refractivity (Wildman–Crippen MR) is 168 cm³/mol. The van der Waals surface area contributed by atoms with Gasteiger partial charge in [-0.05, 0) is 107 Å². The van der Waals surface area contributed by atoms with Crippen LogP contribution in [0.15, 0.2) is 11.6 Å². The van der Waals surface area contributed by atoms with Crippen LogP contribution < -0.4 is 0 Å². The van der Waals surface area contributed by atoms with Gasteiger partial charge in [-0.3, -0.25) is 9.59 Å². The van der Waals surface area contributed by atoms with Crippen LogP contribution in [0, 0.1) is 58.7 Å². The molecule has 0 amide bonds. The first-order valence-corrected chi connectivity index (χ1v) is 17.8. The number of carboxylic acids is 1. The zero-order valence-corrected chi connectivity index (χ0v) is 27.7. The third-order valence-corrected chi connectivity index (χ3v) is 13.0. The number of carbonyl (C=O) groups is 3. The second-order valence-corrected chi connectivity index (χ2v) is 16.0. The highest BCUT2D eigenvalue weighted by molar-refractivity contribution is 5.97. The molecule has 2 N–H and O–H groups in total. The van der Waals surface area contributed by atoms with Gasteiger partial charge in [0.2, 0.25) is 0 Å². The zero-order valence-electron chi connectivity index (χ0n) is 27.7. The Labute approximate surface area is 268 Å². The van der Waals surface area contributed by atoms with E-state index in [4.69, 9.17) is 14.2 Å². The maximum atomic E-state index is 14.0. The minimum absolute atomic E-state index is 0.00173. The van der Waals surface area contributed by atoms with Crippen LogP contribution in [-0.4, -0.2) is 85.2 Å². The summed E-state index contributed by atoms with van der Waals surface area (Å²) in [5.74, 6) is -0.801. The summed E-state index contributed by atoms with van der Waals surface area (Å²) in [5, 5.41) is 20.2. The fourth-order valence-electron chi connectivity index (χ4n) is 11.3. The molecule has 0 spiro atoms. The minimum atomic E-state index is -1.30. The molecule has 9 nitrogen and oxygen atoms in total. The molecule has 5 fully saturated rings.